The van der Waals surface area contributed by atoms with Crippen LogP contribution in [-0.4, -0.2) is 25.9 Å². The lowest BCUT2D eigenvalue weighted by Crippen LogP contribution is -2.23. The predicted octanol–water partition coefficient (Wildman–Crippen LogP) is 3.59. The molecule has 0 atom stereocenters. The molecular weight excluding hydrogens is 352 g/mol. The highest BCUT2D eigenvalue weighted by atomic mass is 16.5. The second-order valence-electron chi connectivity index (χ2n) is 7.00. The minimum Gasteiger partial charge on any atom is -0.491 e. The molecule has 0 aliphatic rings. The highest BCUT2D eigenvalue weighted by Gasteiger charge is 2.12. The van der Waals surface area contributed by atoms with E-state index in [-0.39, 0.29) is 5.56 Å². The smallest absolute Gasteiger partial charge is 0.264 e. The van der Waals surface area contributed by atoms with Gasteiger partial charge in [-0.25, -0.2) is 9.67 Å². The molecule has 6 nitrogen and oxygen atoms in total. The summed E-state index contributed by atoms with van der Waals surface area (Å²) in [7, 11) is 0. The number of nitrogens with zero attached hydrogens (tertiary/aromatic N) is 4. The van der Waals surface area contributed by atoms with Crippen LogP contribution in [0.25, 0.3) is 16.7 Å². The normalized spacial score (nSPS) is 11.1. The van der Waals surface area contributed by atoms with Gasteiger partial charge in [0.2, 0.25) is 0 Å². The van der Waals surface area contributed by atoms with E-state index in [4.69, 9.17) is 4.74 Å². The molecule has 0 saturated carbocycles. The summed E-state index contributed by atoms with van der Waals surface area (Å²) in [5, 5.41) is 4.90. The Morgan fingerprint density at radius 2 is 1.79 bits per heavy atom. The maximum absolute atomic E-state index is 12.8. The topological polar surface area (TPSA) is 61.9 Å². The van der Waals surface area contributed by atoms with E-state index in [0.717, 1.165) is 28.1 Å². The van der Waals surface area contributed by atoms with Crippen molar-refractivity contribution in [3.05, 3.63) is 82.0 Å². The molecule has 2 heterocycles. The molecule has 142 valence electrons. The summed E-state index contributed by atoms with van der Waals surface area (Å²) in [5.74, 6) is 0.826. The lowest BCUT2D eigenvalue weighted by atomic mass is 10.1. The van der Waals surface area contributed by atoms with E-state index in [1.54, 1.807) is 21.8 Å². The molecule has 0 bridgehead atoms. The molecule has 0 unspecified atom stereocenters. The van der Waals surface area contributed by atoms with Crippen LogP contribution in [0.5, 0.6) is 5.75 Å². The fourth-order valence-electron chi connectivity index (χ4n) is 3.34. The summed E-state index contributed by atoms with van der Waals surface area (Å²) in [6.07, 6.45) is 3.15. The van der Waals surface area contributed by atoms with Crippen molar-refractivity contribution < 1.29 is 4.74 Å². The van der Waals surface area contributed by atoms with Gasteiger partial charge in [0.15, 0.2) is 5.65 Å². The molecule has 0 fully saturated rings. The summed E-state index contributed by atoms with van der Waals surface area (Å²) in [6, 6.07) is 14.0. The molecule has 0 N–H and O–H groups in total. The van der Waals surface area contributed by atoms with Crippen molar-refractivity contribution >= 4 is 11.0 Å². The van der Waals surface area contributed by atoms with Crippen molar-refractivity contribution in [2.24, 2.45) is 0 Å². The van der Waals surface area contributed by atoms with Gasteiger partial charge in [0.05, 0.1) is 18.4 Å². The van der Waals surface area contributed by atoms with Gasteiger partial charge in [-0.3, -0.25) is 9.36 Å². The lowest BCUT2D eigenvalue weighted by Gasteiger charge is -2.10. The van der Waals surface area contributed by atoms with E-state index in [9.17, 15) is 4.79 Å². The van der Waals surface area contributed by atoms with Crippen molar-refractivity contribution in [2.75, 3.05) is 6.61 Å². The Morgan fingerprint density at radius 1 is 1.04 bits per heavy atom. The van der Waals surface area contributed by atoms with E-state index in [2.05, 4.69) is 16.1 Å². The van der Waals surface area contributed by atoms with Crippen molar-refractivity contribution in [3.63, 3.8) is 0 Å². The van der Waals surface area contributed by atoms with Crippen molar-refractivity contribution in [3.8, 4) is 11.4 Å². The van der Waals surface area contributed by atoms with Gasteiger partial charge in [-0.2, -0.15) is 5.10 Å². The van der Waals surface area contributed by atoms with Crippen LogP contribution in [-0.2, 0) is 6.54 Å². The molecule has 0 aliphatic carbocycles. The van der Waals surface area contributed by atoms with E-state index in [1.807, 2.05) is 57.2 Å². The molecule has 28 heavy (non-hydrogen) atoms. The number of hydrogen-bond acceptors (Lipinski definition) is 4. The van der Waals surface area contributed by atoms with Crippen molar-refractivity contribution in [1.29, 1.82) is 0 Å². The Labute approximate surface area is 163 Å². The Bertz CT molecular complexity index is 1190. The molecule has 6 heteroatoms. The van der Waals surface area contributed by atoms with Gasteiger partial charge in [-0.05, 0) is 55.7 Å². The van der Waals surface area contributed by atoms with Gasteiger partial charge in [0, 0.05) is 0 Å². The van der Waals surface area contributed by atoms with Crippen molar-refractivity contribution in [2.45, 2.75) is 27.3 Å². The van der Waals surface area contributed by atoms with Gasteiger partial charge in [0.1, 0.15) is 24.1 Å². The molecule has 0 spiro atoms. The van der Waals surface area contributed by atoms with Crippen LogP contribution in [0.15, 0.2) is 59.8 Å². The van der Waals surface area contributed by atoms with Gasteiger partial charge >= 0.3 is 0 Å². The molecule has 2 aromatic carbocycles. The molecule has 0 saturated heterocycles. The number of rotatable bonds is 5. The van der Waals surface area contributed by atoms with Crippen LogP contribution >= 0.6 is 0 Å². The van der Waals surface area contributed by atoms with Crippen LogP contribution in [0.4, 0.5) is 0 Å². The first-order valence-electron chi connectivity index (χ1n) is 9.23. The largest absolute Gasteiger partial charge is 0.491 e. The summed E-state index contributed by atoms with van der Waals surface area (Å²) >= 11 is 0. The number of fused-ring (bicyclic) bond motifs is 1. The average Bonchev–Trinajstić information content (AvgIpc) is 3.09. The maximum atomic E-state index is 12.8. The lowest BCUT2D eigenvalue weighted by molar-refractivity contribution is 0.294. The third-order valence-corrected chi connectivity index (χ3v) is 4.69. The van der Waals surface area contributed by atoms with Gasteiger partial charge in [0.25, 0.3) is 5.56 Å². The van der Waals surface area contributed by atoms with Gasteiger partial charge < -0.3 is 4.74 Å². The van der Waals surface area contributed by atoms with Gasteiger partial charge in [-0.1, -0.05) is 24.3 Å². The Kier molecular flexibility index (Phi) is 4.69. The Balaban J connectivity index is 1.60. The zero-order valence-electron chi connectivity index (χ0n) is 16.2. The quantitative estimate of drug-likeness (QED) is 0.536. The summed E-state index contributed by atoms with van der Waals surface area (Å²) in [4.78, 5) is 17.3. The number of aryl methyl sites for hydroxylation is 3. The third-order valence-electron chi connectivity index (χ3n) is 4.69. The van der Waals surface area contributed by atoms with Crippen LogP contribution in [0, 0.1) is 20.8 Å². The molecule has 4 aromatic rings. The highest BCUT2D eigenvalue weighted by molar-refractivity contribution is 5.75. The first kappa shape index (κ1) is 18.0. The molecule has 4 rings (SSSR count). The molecule has 0 amide bonds. The average molecular weight is 374 g/mol. The zero-order chi connectivity index (χ0) is 19.7. The SMILES string of the molecule is Cc1cc(C)cc(-n2ncc3c(=O)n(CCOc4ccccc4C)cnc32)c1. The number of para-hydroxylation sites is 1. The third kappa shape index (κ3) is 3.41. The molecular formula is C22H22N4O2. The van der Waals surface area contributed by atoms with E-state index >= 15 is 0 Å². The first-order valence-corrected chi connectivity index (χ1v) is 9.23. The molecule has 0 aliphatic heterocycles. The predicted molar refractivity (Wildman–Crippen MR) is 109 cm³/mol. The Hall–Kier alpha value is -3.41. The van der Waals surface area contributed by atoms with Gasteiger partial charge in [-0.15, -0.1) is 0 Å². The minimum absolute atomic E-state index is 0.117. The second kappa shape index (κ2) is 7.31. The summed E-state index contributed by atoms with van der Waals surface area (Å²) in [5.41, 5.74) is 4.69. The number of ether oxygens (including phenoxy) is 1. The molecule has 2 aromatic heterocycles. The number of benzene rings is 2. The van der Waals surface area contributed by atoms with E-state index in [0.29, 0.717) is 24.2 Å². The number of aromatic nitrogens is 4. The zero-order valence-corrected chi connectivity index (χ0v) is 16.2. The standard InChI is InChI=1S/C22H22N4O2/c1-15-10-16(2)12-18(11-15)26-21-19(13-24-26)22(27)25(14-23-21)8-9-28-20-7-5-4-6-17(20)3/h4-7,10-14H,8-9H2,1-3H3. The fraction of sp³-hybridized carbons (Fsp3) is 0.227. The van der Waals surface area contributed by atoms with E-state index in [1.165, 1.54) is 0 Å². The fourth-order valence-corrected chi connectivity index (χ4v) is 3.34. The van der Waals surface area contributed by atoms with Crippen molar-refractivity contribution in [1.82, 2.24) is 19.3 Å². The monoisotopic (exact) mass is 374 g/mol. The van der Waals surface area contributed by atoms with Crippen LogP contribution in [0.2, 0.25) is 0 Å². The summed E-state index contributed by atoms with van der Waals surface area (Å²) < 4.78 is 9.08. The first-order chi connectivity index (χ1) is 13.5. The van der Waals surface area contributed by atoms with E-state index < -0.39 is 0 Å². The highest BCUT2D eigenvalue weighted by Crippen LogP contribution is 2.18. The minimum atomic E-state index is -0.117. The van der Waals surface area contributed by atoms with Crippen LogP contribution in [0.1, 0.15) is 16.7 Å². The molecule has 0 radical (unpaired) electrons. The van der Waals surface area contributed by atoms with Crippen LogP contribution < -0.4 is 10.3 Å². The maximum Gasteiger partial charge on any atom is 0.264 e. The second-order valence-corrected chi connectivity index (χ2v) is 7.00. The number of hydrogen-bond donors (Lipinski definition) is 0. The van der Waals surface area contributed by atoms with Crippen LogP contribution in [0.3, 0.4) is 0 Å². The summed E-state index contributed by atoms with van der Waals surface area (Å²) in [6.45, 7) is 6.89. The Morgan fingerprint density at radius 3 is 2.54 bits per heavy atom.